The normalized spacial score (nSPS) is 22.6. The zero-order valence-electron chi connectivity index (χ0n) is 13.5. The van der Waals surface area contributed by atoms with Gasteiger partial charge in [0.05, 0.1) is 6.61 Å². The Morgan fingerprint density at radius 3 is 2.46 bits per heavy atom. The Hall–Kier alpha value is -2.33. The van der Waals surface area contributed by atoms with Gasteiger partial charge in [0.1, 0.15) is 11.5 Å². The van der Waals surface area contributed by atoms with Gasteiger partial charge in [-0.2, -0.15) is 0 Å². The quantitative estimate of drug-likeness (QED) is 0.807. The molecular formula is C20H22O4. The minimum atomic E-state index is -0.755. The Morgan fingerprint density at radius 2 is 1.79 bits per heavy atom. The van der Waals surface area contributed by atoms with E-state index in [1.807, 2.05) is 54.6 Å². The number of carbonyl (C=O) groups is 1. The van der Waals surface area contributed by atoms with Gasteiger partial charge in [0.15, 0.2) is 0 Å². The van der Waals surface area contributed by atoms with Gasteiger partial charge in [-0.05, 0) is 55.0 Å². The zero-order chi connectivity index (χ0) is 17.0. The van der Waals surface area contributed by atoms with Crippen LogP contribution in [0.5, 0.6) is 11.5 Å². The zero-order valence-corrected chi connectivity index (χ0v) is 13.5. The number of benzene rings is 2. The van der Waals surface area contributed by atoms with Crippen molar-refractivity contribution in [3.63, 3.8) is 0 Å². The summed E-state index contributed by atoms with van der Waals surface area (Å²) in [6.07, 6.45) is 2.53. The minimum absolute atomic E-state index is 0.0748. The van der Waals surface area contributed by atoms with E-state index in [2.05, 4.69) is 0 Å². The lowest BCUT2D eigenvalue weighted by atomic mass is 9.58. The number of aliphatic hydroxyl groups excluding tert-OH is 1. The van der Waals surface area contributed by atoms with Gasteiger partial charge >= 0.3 is 5.97 Å². The van der Waals surface area contributed by atoms with Crippen molar-refractivity contribution in [1.82, 2.24) is 0 Å². The van der Waals surface area contributed by atoms with Gasteiger partial charge < -0.3 is 14.9 Å². The fourth-order valence-electron chi connectivity index (χ4n) is 3.55. The van der Waals surface area contributed by atoms with E-state index in [0.29, 0.717) is 12.3 Å². The molecule has 0 spiro atoms. The first-order chi connectivity index (χ1) is 11.6. The first-order valence-electron chi connectivity index (χ1n) is 8.27. The van der Waals surface area contributed by atoms with E-state index >= 15 is 0 Å². The van der Waals surface area contributed by atoms with Crippen LogP contribution in [0.1, 0.15) is 31.2 Å². The van der Waals surface area contributed by atoms with E-state index in [-0.39, 0.29) is 18.4 Å². The van der Waals surface area contributed by atoms with Crippen LogP contribution >= 0.6 is 0 Å². The molecule has 0 radical (unpaired) electrons. The van der Waals surface area contributed by atoms with E-state index in [4.69, 9.17) is 9.84 Å². The number of hydrogen-bond acceptors (Lipinski definition) is 3. The fourth-order valence-corrected chi connectivity index (χ4v) is 3.55. The standard InChI is InChI=1S/C20H22O4/c21-14-20(12-15(13-20)9-10-19(22)23)16-5-4-8-18(11-16)24-17-6-2-1-3-7-17/h1-8,11,15,21H,9-10,12-14H2,(H,22,23). The molecule has 2 N–H and O–H groups in total. The van der Waals surface area contributed by atoms with E-state index in [0.717, 1.165) is 29.9 Å². The second-order valence-corrected chi connectivity index (χ2v) is 6.59. The van der Waals surface area contributed by atoms with Crippen LogP contribution in [0.4, 0.5) is 0 Å². The van der Waals surface area contributed by atoms with E-state index in [9.17, 15) is 9.90 Å². The summed E-state index contributed by atoms with van der Waals surface area (Å²) in [6.45, 7) is 0.0748. The number of aliphatic carboxylic acids is 1. The van der Waals surface area contributed by atoms with Crippen LogP contribution < -0.4 is 4.74 Å². The maximum Gasteiger partial charge on any atom is 0.303 e. The minimum Gasteiger partial charge on any atom is -0.481 e. The summed E-state index contributed by atoms with van der Waals surface area (Å²) >= 11 is 0. The molecule has 0 bridgehead atoms. The number of ether oxygens (including phenoxy) is 1. The lowest BCUT2D eigenvalue weighted by Gasteiger charge is -2.47. The van der Waals surface area contributed by atoms with Crippen LogP contribution in [0.15, 0.2) is 54.6 Å². The predicted molar refractivity (Wildman–Crippen MR) is 91.3 cm³/mol. The molecule has 1 aliphatic rings. The van der Waals surface area contributed by atoms with Crippen molar-refractivity contribution in [1.29, 1.82) is 0 Å². The first-order valence-corrected chi connectivity index (χ1v) is 8.27. The number of carboxylic acids is 1. The highest BCUT2D eigenvalue weighted by Crippen LogP contribution is 2.49. The van der Waals surface area contributed by atoms with Crippen LogP contribution in [0.3, 0.4) is 0 Å². The van der Waals surface area contributed by atoms with Gasteiger partial charge in [0, 0.05) is 11.8 Å². The highest BCUT2D eigenvalue weighted by Gasteiger charge is 2.44. The maximum absolute atomic E-state index is 10.7. The Kier molecular flexibility index (Phi) is 4.86. The summed E-state index contributed by atoms with van der Waals surface area (Å²) in [7, 11) is 0. The molecule has 0 unspecified atom stereocenters. The van der Waals surface area contributed by atoms with Crippen LogP contribution in [0.25, 0.3) is 0 Å². The second-order valence-electron chi connectivity index (χ2n) is 6.59. The molecule has 1 fully saturated rings. The van der Waals surface area contributed by atoms with Crippen LogP contribution in [0, 0.1) is 5.92 Å². The van der Waals surface area contributed by atoms with Crippen LogP contribution in [-0.4, -0.2) is 22.8 Å². The summed E-state index contributed by atoms with van der Waals surface area (Å²) in [5.41, 5.74) is 0.796. The maximum atomic E-state index is 10.7. The lowest BCUT2D eigenvalue weighted by Crippen LogP contribution is -2.44. The average Bonchev–Trinajstić information content (AvgIpc) is 2.55. The van der Waals surface area contributed by atoms with Crippen LogP contribution in [-0.2, 0) is 10.2 Å². The van der Waals surface area contributed by atoms with Gasteiger partial charge in [-0.3, -0.25) is 4.79 Å². The molecule has 0 heterocycles. The third kappa shape index (κ3) is 3.60. The molecule has 0 atom stereocenters. The fraction of sp³-hybridized carbons (Fsp3) is 0.350. The first kappa shape index (κ1) is 16.5. The Bertz CT molecular complexity index is 690. The molecule has 126 valence electrons. The SMILES string of the molecule is O=C(O)CCC1CC(CO)(c2cccc(Oc3ccccc3)c2)C1. The van der Waals surface area contributed by atoms with Crippen molar-refractivity contribution in [3.8, 4) is 11.5 Å². The average molecular weight is 326 g/mol. The predicted octanol–water partition coefficient (Wildman–Crippen LogP) is 3.98. The van der Waals surface area contributed by atoms with E-state index in [1.165, 1.54) is 0 Å². The molecule has 4 nitrogen and oxygen atoms in total. The molecule has 0 amide bonds. The van der Waals surface area contributed by atoms with Crippen molar-refractivity contribution < 1.29 is 19.7 Å². The molecule has 0 saturated heterocycles. The largest absolute Gasteiger partial charge is 0.481 e. The number of rotatable bonds is 7. The molecule has 24 heavy (non-hydrogen) atoms. The smallest absolute Gasteiger partial charge is 0.303 e. The second kappa shape index (κ2) is 7.05. The molecule has 1 saturated carbocycles. The summed E-state index contributed by atoms with van der Waals surface area (Å²) in [5.74, 6) is 1.14. The summed E-state index contributed by atoms with van der Waals surface area (Å²) in [6, 6.07) is 17.4. The number of para-hydroxylation sites is 1. The number of carboxylic acid groups (broad SMARTS) is 1. The third-order valence-electron chi connectivity index (χ3n) is 4.85. The summed E-state index contributed by atoms with van der Waals surface area (Å²) in [5, 5.41) is 18.7. The van der Waals surface area contributed by atoms with Crippen molar-refractivity contribution in [2.24, 2.45) is 5.92 Å². The Balaban J connectivity index is 1.70. The van der Waals surface area contributed by atoms with Gasteiger partial charge in [-0.15, -0.1) is 0 Å². The lowest BCUT2D eigenvalue weighted by molar-refractivity contribution is -0.137. The van der Waals surface area contributed by atoms with Gasteiger partial charge in [0.2, 0.25) is 0 Å². The highest BCUT2D eigenvalue weighted by molar-refractivity contribution is 5.66. The summed E-state index contributed by atoms with van der Waals surface area (Å²) < 4.78 is 5.87. The van der Waals surface area contributed by atoms with E-state index < -0.39 is 5.97 Å². The van der Waals surface area contributed by atoms with Crippen molar-refractivity contribution in [2.45, 2.75) is 31.1 Å². The molecule has 2 aromatic rings. The Labute approximate surface area is 141 Å². The van der Waals surface area contributed by atoms with Crippen molar-refractivity contribution >= 4 is 5.97 Å². The van der Waals surface area contributed by atoms with Gasteiger partial charge in [-0.1, -0.05) is 30.3 Å². The van der Waals surface area contributed by atoms with Crippen molar-refractivity contribution in [2.75, 3.05) is 6.61 Å². The molecule has 3 rings (SSSR count). The van der Waals surface area contributed by atoms with Gasteiger partial charge in [0.25, 0.3) is 0 Å². The van der Waals surface area contributed by atoms with Gasteiger partial charge in [-0.25, -0.2) is 0 Å². The third-order valence-corrected chi connectivity index (χ3v) is 4.85. The van der Waals surface area contributed by atoms with Crippen LogP contribution in [0.2, 0.25) is 0 Å². The highest BCUT2D eigenvalue weighted by atomic mass is 16.5. The Morgan fingerprint density at radius 1 is 1.08 bits per heavy atom. The molecule has 0 aliphatic heterocycles. The molecule has 0 aromatic heterocycles. The molecular weight excluding hydrogens is 304 g/mol. The number of hydrogen-bond donors (Lipinski definition) is 2. The number of aliphatic hydroxyl groups is 1. The summed E-state index contributed by atoms with van der Waals surface area (Å²) in [4.78, 5) is 10.7. The molecule has 4 heteroatoms. The monoisotopic (exact) mass is 326 g/mol. The molecule has 1 aliphatic carbocycles. The molecule has 2 aromatic carbocycles. The van der Waals surface area contributed by atoms with Crippen molar-refractivity contribution in [3.05, 3.63) is 60.2 Å². The topological polar surface area (TPSA) is 66.8 Å². The van der Waals surface area contributed by atoms with E-state index in [1.54, 1.807) is 0 Å².